The summed E-state index contributed by atoms with van der Waals surface area (Å²) in [5, 5.41) is 6.38. The number of thiocarbonyl (C=S) groups is 1. The van der Waals surface area contributed by atoms with Crippen molar-refractivity contribution in [2.24, 2.45) is 5.73 Å². The van der Waals surface area contributed by atoms with E-state index in [0.29, 0.717) is 17.8 Å². The standard InChI is InChI=1S/C11H12ClN5O2S2/c12-8-5-7(11(13)20)1-2-9(8)21(18,19)16-4-3-10-14-6-15-17-10/h1-2,5-6,16H,3-4H2,(H2,13,20)(H,14,15,17). The van der Waals surface area contributed by atoms with Crippen molar-refractivity contribution in [1.29, 1.82) is 0 Å². The highest BCUT2D eigenvalue weighted by Crippen LogP contribution is 2.22. The van der Waals surface area contributed by atoms with Gasteiger partial charge in [-0.3, -0.25) is 5.10 Å². The number of rotatable bonds is 6. The molecule has 1 aromatic carbocycles. The van der Waals surface area contributed by atoms with Crippen molar-refractivity contribution in [1.82, 2.24) is 19.9 Å². The minimum atomic E-state index is -3.71. The molecular formula is C11H12ClN5O2S2. The number of sulfonamides is 1. The van der Waals surface area contributed by atoms with Crippen LogP contribution in [-0.4, -0.2) is 35.1 Å². The maximum absolute atomic E-state index is 12.2. The molecule has 2 aromatic rings. The molecule has 0 radical (unpaired) electrons. The Morgan fingerprint density at radius 3 is 2.81 bits per heavy atom. The van der Waals surface area contributed by atoms with Crippen LogP contribution in [0.3, 0.4) is 0 Å². The van der Waals surface area contributed by atoms with Crippen LogP contribution in [0.15, 0.2) is 29.4 Å². The van der Waals surface area contributed by atoms with Crippen molar-refractivity contribution < 1.29 is 8.42 Å². The van der Waals surface area contributed by atoms with Crippen LogP contribution >= 0.6 is 23.8 Å². The molecule has 0 amide bonds. The van der Waals surface area contributed by atoms with Gasteiger partial charge in [0.1, 0.15) is 22.0 Å². The van der Waals surface area contributed by atoms with Crippen molar-refractivity contribution >= 4 is 38.8 Å². The second-order valence-electron chi connectivity index (χ2n) is 4.09. The fourth-order valence-corrected chi connectivity index (χ4v) is 3.31. The monoisotopic (exact) mass is 345 g/mol. The lowest BCUT2D eigenvalue weighted by Crippen LogP contribution is -2.26. The van der Waals surface area contributed by atoms with E-state index in [-0.39, 0.29) is 21.5 Å². The lowest BCUT2D eigenvalue weighted by Gasteiger charge is -2.09. The van der Waals surface area contributed by atoms with E-state index in [1.54, 1.807) is 0 Å². The van der Waals surface area contributed by atoms with E-state index in [0.717, 1.165) is 0 Å². The van der Waals surface area contributed by atoms with E-state index < -0.39 is 10.0 Å². The van der Waals surface area contributed by atoms with Crippen LogP contribution in [0.1, 0.15) is 11.4 Å². The molecule has 1 aromatic heterocycles. The zero-order valence-corrected chi connectivity index (χ0v) is 13.1. The van der Waals surface area contributed by atoms with Gasteiger partial charge < -0.3 is 5.73 Å². The summed E-state index contributed by atoms with van der Waals surface area (Å²) in [6.45, 7) is 0.172. The van der Waals surface area contributed by atoms with Crippen molar-refractivity contribution in [2.45, 2.75) is 11.3 Å². The number of benzene rings is 1. The zero-order valence-electron chi connectivity index (χ0n) is 10.7. The number of nitrogens with two attached hydrogens (primary N) is 1. The SMILES string of the molecule is NC(=S)c1ccc(S(=O)(=O)NCCc2ncn[nH]2)c(Cl)c1. The highest BCUT2D eigenvalue weighted by molar-refractivity contribution is 7.89. The lowest BCUT2D eigenvalue weighted by atomic mass is 10.2. The normalized spacial score (nSPS) is 11.5. The number of H-pyrrole nitrogens is 1. The summed E-state index contributed by atoms with van der Waals surface area (Å²) in [5.74, 6) is 0.590. The van der Waals surface area contributed by atoms with Gasteiger partial charge in [0.25, 0.3) is 0 Å². The van der Waals surface area contributed by atoms with Gasteiger partial charge in [-0.2, -0.15) is 5.10 Å². The molecule has 0 aliphatic carbocycles. The molecule has 0 saturated carbocycles. The minimum Gasteiger partial charge on any atom is -0.389 e. The van der Waals surface area contributed by atoms with Crippen LogP contribution in [0.25, 0.3) is 0 Å². The minimum absolute atomic E-state index is 0.0262. The van der Waals surface area contributed by atoms with Crippen molar-refractivity contribution in [2.75, 3.05) is 6.54 Å². The van der Waals surface area contributed by atoms with E-state index >= 15 is 0 Å². The molecule has 0 unspecified atom stereocenters. The summed E-state index contributed by atoms with van der Waals surface area (Å²) in [5.41, 5.74) is 5.98. The molecule has 21 heavy (non-hydrogen) atoms. The first-order valence-corrected chi connectivity index (χ1v) is 8.10. The van der Waals surface area contributed by atoms with Gasteiger partial charge in [-0.15, -0.1) is 0 Å². The molecule has 7 nitrogen and oxygen atoms in total. The second kappa shape index (κ2) is 6.48. The molecule has 0 bridgehead atoms. The Kier molecular flexibility index (Phi) is 4.88. The summed E-state index contributed by atoms with van der Waals surface area (Å²) in [6, 6.07) is 4.31. The third-order valence-corrected chi connectivity index (χ3v) is 4.80. The zero-order chi connectivity index (χ0) is 15.5. The average Bonchev–Trinajstić information content (AvgIpc) is 2.91. The van der Waals surface area contributed by atoms with Gasteiger partial charge in [-0.05, 0) is 12.1 Å². The smallest absolute Gasteiger partial charge is 0.242 e. The Balaban J connectivity index is 2.10. The Morgan fingerprint density at radius 1 is 1.48 bits per heavy atom. The molecule has 1 heterocycles. The largest absolute Gasteiger partial charge is 0.389 e. The molecule has 4 N–H and O–H groups in total. The molecule has 0 aliphatic rings. The van der Waals surface area contributed by atoms with Gasteiger partial charge >= 0.3 is 0 Å². The number of aromatic nitrogens is 3. The van der Waals surface area contributed by atoms with E-state index in [2.05, 4.69) is 19.9 Å². The molecule has 0 spiro atoms. The number of nitrogens with one attached hydrogen (secondary N) is 2. The van der Waals surface area contributed by atoms with Gasteiger partial charge in [-0.25, -0.2) is 18.1 Å². The van der Waals surface area contributed by atoms with Crippen LogP contribution in [0.5, 0.6) is 0 Å². The topological polar surface area (TPSA) is 114 Å². The predicted molar refractivity (Wildman–Crippen MR) is 82.6 cm³/mol. The molecule has 0 aliphatic heterocycles. The highest BCUT2D eigenvalue weighted by Gasteiger charge is 2.18. The molecule has 0 saturated heterocycles. The molecule has 10 heteroatoms. The van der Waals surface area contributed by atoms with Gasteiger partial charge in [0.05, 0.1) is 5.02 Å². The van der Waals surface area contributed by atoms with Crippen molar-refractivity contribution in [3.8, 4) is 0 Å². The number of nitrogens with zero attached hydrogens (tertiary/aromatic N) is 2. The Labute approximate surface area is 132 Å². The van der Waals surface area contributed by atoms with Crippen LogP contribution < -0.4 is 10.5 Å². The van der Waals surface area contributed by atoms with E-state index in [9.17, 15) is 8.42 Å². The first-order chi connectivity index (χ1) is 9.90. The lowest BCUT2D eigenvalue weighted by molar-refractivity contribution is 0.581. The average molecular weight is 346 g/mol. The van der Waals surface area contributed by atoms with Gasteiger partial charge in [0, 0.05) is 18.5 Å². The molecule has 2 rings (SSSR count). The second-order valence-corrected chi connectivity index (χ2v) is 6.67. The fourth-order valence-electron chi connectivity index (χ4n) is 1.60. The summed E-state index contributed by atoms with van der Waals surface area (Å²) >= 11 is 10.8. The molecule has 112 valence electrons. The van der Waals surface area contributed by atoms with E-state index in [4.69, 9.17) is 29.6 Å². The Bertz CT molecular complexity index is 746. The first-order valence-electron chi connectivity index (χ1n) is 5.83. The fraction of sp³-hybridized carbons (Fsp3) is 0.182. The Morgan fingerprint density at radius 2 is 2.24 bits per heavy atom. The molecular weight excluding hydrogens is 334 g/mol. The number of hydrogen-bond donors (Lipinski definition) is 3. The third kappa shape index (κ3) is 3.97. The van der Waals surface area contributed by atoms with Gasteiger partial charge in [0.15, 0.2) is 0 Å². The summed E-state index contributed by atoms with van der Waals surface area (Å²) in [6.07, 6.45) is 1.75. The molecule has 0 fully saturated rings. The quantitative estimate of drug-likeness (QED) is 0.661. The summed E-state index contributed by atoms with van der Waals surface area (Å²) < 4.78 is 26.8. The van der Waals surface area contributed by atoms with Gasteiger partial charge in [0.2, 0.25) is 10.0 Å². The maximum atomic E-state index is 12.2. The number of aromatic amines is 1. The number of halogens is 1. The Hall–Kier alpha value is -1.55. The van der Waals surface area contributed by atoms with E-state index in [1.807, 2.05) is 0 Å². The van der Waals surface area contributed by atoms with Crippen LogP contribution in [0.4, 0.5) is 0 Å². The summed E-state index contributed by atoms with van der Waals surface area (Å²) in [4.78, 5) is 4.03. The van der Waals surface area contributed by atoms with E-state index in [1.165, 1.54) is 24.5 Å². The summed E-state index contributed by atoms with van der Waals surface area (Å²) in [7, 11) is -3.71. The maximum Gasteiger partial charge on any atom is 0.242 e. The first kappa shape index (κ1) is 15.8. The van der Waals surface area contributed by atoms with Crippen LogP contribution in [-0.2, 0) is 16.4 Å². The highest BCUT2D eigenvalue weighted by atomic mass is 35.5. The van der Waals surface area contributed by atoms with Crippen LogP contribution in [0.2, 0.25) is 5.02 Å². The predicted octanol–water partition coefficient (Wildman–Crippen LogP) is 0.613. The number of hydrogen-bond acceptors (Lipinski definition) is 5. The molecule has 0 atom stereocenters. The van der Waals surface area contributed by atoms with Crippen molar-refractivity contribution in [3.63, 3.8) is 0 Å². The van der Waals surface area contributed by atoms with Crippen LogP contribution in [0, 0.1) is 0 Å². The van der Waals surface area contributed by atoms with Gasteiger partial charge in [-0.1, -0.05) is 29.9 Å². The third-order valence-electron chi connectivity index (χ3n) is 2.62. The van der Waals surface area contributed by atoms with Crippen molar-refractivity contribution in [3.05, 3.63) is 40.9 Å².